The molecule has 8 heteroatoms. The van der Waals surface area contributed by atoms with Gasteiger partial charge in [-0.05, 0) is 49.8 Å². The van der Waals surface area contributed by atoms with E-state index in [-0.39, 0.29) is 17.5 Å². The summed E-state index contributed by atoms with van der Waals surface area (Å²) in [6.07, 6.45) is 2.80. The van der Waals surface area contributed by atoms with E-state index < -0.39 is 17.5 Å². The first-order chi connectivity index (χ1) is 15.3. The van der Waals surface area contributed by atoms with Gasteiger partial charge in [-0.2, -0.15) is 0 Å². The van der Waals surface area contributed by atoms with E-state index >= 15 is 0 Å². The van der Waals surface area contributed by atoms with Gasteiger partial charge >= 0.3 is 6.03 Å². The van der Waals surface area contributed by atoms with Crippen molar-refractivity contribution < 1.29 is 14.4 Å². The lowest BCUT2D eigenvalue weighted by Crippen LogP contribution is -2.47. The number of hydrogen-bond donors (Lipinski definition) is 1. The third kappa shape index (κ3) is 4.48. The van der Waals surface area contributed by atoms with Gasteiger partial charge in [0.05, 0.1) is 0 Å². The molecule has 2 heterocycles. The van der Waals surface area contributed by atoms with Crippen molar-refractivity contribution in [2.45, 2.75) is 31.7 Å². The van der Waals surface area contributed by atoms with Crippen LogP contribution < -0.4 is 5.32 Å². The SMILES string of the molecule is CC1(c2ccc(Cl)cc2Cl)NC(=O)N(CC(=O)N2CCC(Cc3ccccc3)CC2)C1=O. The second kappa shape index (κ2) is 9.12. The van der Waals surface area contributed by atoms with Gasteiger partial charge in [-0.3, -0.25) is 14.5 Å². The number of halogens is 2. The summed E-state index contributed by atoms with van der Waals surface area (Å²) in [4.78, 5) is 41.3. The highest BCUT2D eigenvalue weighted by atomic mass is 35.5. The van der Waals surface area contributed by atoms with E-state index in [0.29, 0.717) is 29.6 Å². The number of benzene rings is 2. The second-order valence-corrected chi connectivity index (χ2v) is 9.43. The van der Waals surface area contributed by atoms with E-state index in [2.05, 4.69) is 17.4 Å². The summed E-state index contributed by atoms with van der Waals surface area (Å²) < 4.78 is 0. The van der Waals surface area contributed by atoms with Crippen molar-refractivity contribution in [3.05, 3.63) is 69.7 Å². The lowest BCUT2D eigenvalue weighted by atomic mass is 9.90. The van der Waals surface area contributed by atoms with Crippen LogP contribution in [0.3, 0.4) is 0 Å². The fraction of sp³-hybridized carbons (Fsp3) is 0.375. The predicted octanol–water partition coefficient (Wildman–Crippen LogP) is 4.24. The van der Waals surface area contributed by atoms with Crippen LogP contribution in [-0.4, -0.2) is 47.3 Å². The number of amides is 4. The van der Waals surface area contributed by atoms with E-state index in [1.54, 1.807) is 24.0 Å². The topological polar surface area (TPSA) is 69.7 Å². The molecule has 1 N–H and O–H groups in total. The highest BCUT2D eigenvalue weighted by Gasteiger charge is 2.50. The van der Waals surface area contributed by atoms with Gasteiger partial charge in [-0.1, -0.05) is 59.6 Å². The number of rotatable bonds is 5. The van der Waals surface area contributed by atoms with Gasteiger partial charge in [0.25, 0.3) is 5.91 Å². The standard InChI is InChI=1S/C24H25Cl2N3O3/c1-24(19-8-7-18(25)14-20(19)26)22(31)29(23(32)27-24)15-21(30)28-11-9-17(10-12-28)13-16-5-3-2-4-6-16/h2-8,14,17H,9-13,15H2,1H3,(H,27,32). The van der Waals surface area contributed by atoms with Crippen LogP contribution in [-0.2, 0) is 21.5 Å². The zero-order valence-corrected chi connectivity index (χ0v) is 19.3. The van der Waals surface area contributed by atoms with Crippen LogP contribution in [0.15, 0.2) is 48.5 Å². The first kappa shape index (κ1) is 22.6. The molecule has 2 aromatic carbocycles. The smallest absolute Gasteiger partial charge is 0.325 e. The van der Waals surface area contributed by atoms with E-state index in [0.717, 1.165) is 24.2 Å². The Morgan fingerprint density at radius 2 is 1.78 bits per heavy atom. The van der Waals surface area contributed by atoms with Gasteiger partial charge in [0.15, 0.2) is 0 Å². The minimum absolute atomic E-state index is 0.224. The molecule has 0 radical (unpaired) electrons. The molecule has 168 valence electrons. The average Bonchev–Trinajstić information content (AvgIpc) is 2.98. The molecule has 0 saturated carbocycles. The third-order valence-corrected chi connectivity index (χ3v) is 6.92. The first-order valence-electron chi connectivity index (χ1n) is 10.7. The zero-order valence-electron chi connectivity index (χ0n) is 17.8. The Hall–Kier alpha value is -2.57. The van der Waals surface area contributed by atoms with Crippen molar-refractivity contribution in [3.63, 3.8) is 0 Å². The van der Waals surface area contributed by atoms with Gasteiger partial charge in [0.1, 0.15) is 12.1 Å². The monoisotopic (exact) mass is 473 g/mol. The average molecular weight is 474 g/mol. The summed E-state index contributed by atoms with van der Waals surface area (Å²) in [6, 6.07) is 14.5. The number of carbonyl (C=O) groups is 3. The highest BCUT2D eigenvalue weighted by Crippen LogP contribution is 2.35. The molecule has 2 aliphatic rings. The van der Waals surface area contributed by atoms with Gasteiger partial charge in [0.2, 0.25) is 5.91 Å². The van der Waals surface area contributed by atoms with Crippen LogP contribution in [0, 0.1) is 5.92 Å². The molecule has 32 heavy (non-hydrogen) atoms. The molecule has 4 rings (SSSR count). The minimum Gasteiger partial charge on any atom is -0.341 e. The van der Waals surface area contributed by atoms with Gasteiger partial charge < -0.3 is 10.2 Å². The lowest BCUT2D eigenvalue weighted by molar-refractivity contribution is -0.139. The summed E-state index contributed by atoms with van der Waals surface area (Å²) in [6.45, 7) is 2.55. The molecule has 0 aliphatic carbocycles. The molecule has 2 aliphatic heterocycles. The number of urea groups is 1. The van der Waals surface area contributed by atoms with Gasteiger partial charge in [0, 0.05) is 28.7 Å². The Balaban J connectivity index is 1.37. The number of hydrogen-bond acceptors (Lipinski definition) is 3. The molecule has 0 aromatic heterocycles. The fourth-order valence-corrected chi connectivity index (χ4v) is 5.08. The van der Waals surface area contributed by atoms with Crippen LogP contribution in [0.1, 0.15) is 30.9 Å². The maximum absolute atomic E-state index is 13.1. The molecule has 2 saturated heterocycles. The van der Waals surface area contributed by atoms with E-state index in [1.807, 2.05) is 18.2 Å². The van der Waals surface area contributed by atoms with Crippen LogP contribution >= 0.6 is 23.2 Å². The molecular formula is C24H25Cl2N3O3. The van der Waals surface area contributed by atoms with Gasteiger partial charge in [-0.15, -0.1) is 0 Å². The summed E-state index contributed by atoms with van der Waals surface area (Å²) >= 11 is 12.2. The normalized spacial score (nSPS) is 21.7. The molecule has 2 aromatic rings. The lowest BCUT2D eigenvalue weighted by Gasteiger charge is -2.33. The number of piperidine rings is 1. The Morgan fingerprint density at radius 3 is 2.44 bits per heavy atom. The summed E-state index contributed by atoms with van der Waals surface area (Å²) in [5.74, 6) is -0.203. The minimum atomic E-state index is -1.35. The molecule has 1 unspecified atom stereocenters. The van der Waals surface area contributed by atoms with Crippen molar-refractivity contribution in [1.29, 1.82) is 0 Å². The van der Waals surface area contributed by atoms with Gasteiger partial charge in [-0.25, -0.2) is 4.79 Å². The Kier molecular flexibility index (Phi) is 6.45. The van der Waals surface area contributed by atoms with E-state index in [9.17, 15) is 14.4 Å². The maximum atomic E-state index is 13.1. The molecule has 0 spiro atoms. The second-order valence-electron chi connectivity index (χ2n) is 8.58. The number of imide groups is 1. The van der Waals surface area contributed by atoms with E-state index in [4.69, 9.17) is 23.2 Å². The summed E-state index contributed by atoms with van der Waals surface area (Å²) in [7, 11) is 0. The third-order valence-electron chi connectivity index (χ3n) is 6.37. The quantitative estimate of drug-likeness (QED) is 0.660. The Morgan fingerprint density at radius 1 is 1.09 bits per heavy atom. The zero-order chi connectivity index (χ0) is 22.9. The van der Waals surface area contributed by atoms with Crippen molar-refractivity contribution >= 4 is 41.0 Å². The molecule has 6 nitrogen and oxygen atoms in total. The van der Waals surface area contributed by atoms with E-state index in [1.165, 1.54) is 11.6 Å². The van der Waals surface area contributed by atoms with Crippen LogP contribution in [0.2, 0.25) is 10.0 Å². The molecule has 4 amide bonds. The Bertz CT molecular complexity index is 1040. The van der Waals surface area contributed by atoms with Crippen molar-refractivity contribution in [3.8, 4) is 0 Å². The maximum Gasteiger partial charge on any atom is 0.325 e. The molecule has 1 atom stereocenters. The fourth-order valence-electron chi connectivity index (χ4n) is 4.49. The van der Waals surface area contributed by atoms with Crippen LogP contribution in [0.25, 0.3) is 0 Å². The highest BCUT2D eigenvalue weighted by molar-refractivity contribution is 6.35. The first-order valence-corrected chi connectivity index (χ1v) is 11.4. The number of nitrogens with zero attached hydrogens (tertiary/aromatic N) is 2. The Labute approximate surface area is 197 Å². The molecule has 0 bridgehead atoms. The van der Waals surface area contributed by atoms with Crippen molar-refractivity contribution in [2.24, 2.45) is 5.92 Å². The predicted molar refractivity (Wildman–Crippen MR) is 124 cm³/mol. The summed E-state index contributed by atoms with van der Waals surface area (Å²) in [5.41, 5.74) is 0.400. The molecule has 2 fully saturated rings. The van der Waals surface area contributed by atoms with Crippen molar-refractivity contribution in [2.75, 3.05) is 19.6 Å². The summed E-state index contributed by atoms with van der Waals surface area (Å²) in [5, 5.41) is 3.40. The largest absolute Gasteiger partial charge is 0.341 e. The molecular weight excluding hydrogens is 449 g/mol. The number of nitrogens with one attached hydrogen (secondary N) is 1. The van der Waals surface area contributed by atoms with Crippen LogP contribution in [0.5, 0.6) is 0 Å². The number of carbonyl (C=O) groups excluding carboxylic acids is 3. The van der Waals surface area contributed by atoms with Crippen molar-refractivity contribution in [1.82, 2.24) is 15.1 Å². The van der Waals surface area contributed by atoms with Crippen LogP contribution in [0.4, 0.5) is 4.79 Å². The number of likely N-dealkylation sites (tertiary alicyclic amines) is 1.